The van der Waals surface area contributed by atoms with Crippen molar-refractivity contribution in [3.05, 3.63) is 61.3 Å². The molecule has 0 atom stereocenters. The fraction of sp³-hybridized carbons (Fsp3) is 0.200. The minimum absolute atomic E-state index is 0.0419. The van der Waals surface area contributed by atoms with Crippen molar-refractivity contribution in [2.45, 2.75) is 13.8 Å². The molecule has 0 radical (unpaired) electrons. The number of esters is 1. The summed E-state index contributed by atoms with van der Waals surface area (Å²) in [7, 11) is 0. The zero-order valence-corrected chi connectivity index (χ0v) is 12.8. The molecule has 0 saturated carbocycles. The number of benzene rings is 1. The Bertz CT molecular complexity index is 750. The lowest BCUT2D eigenvalue weighted by atomic mass is 10.1. The smallest absolute Gasteiger partial charge is 0.338 e. The predicted molar refractivity (Wildman–Crippen MR) is 81.5 cm³/mol. The van der Waals surface area contributed by atoms with Crippen LogP contribution in [0.2, 0.25) is 0 Å². The topological polar surface area (TPSA) is 86.5 Å². The maximum absolute atomic E-state index is 12.0. The molecule has 1 aromatic heterocycles. The molecule has 0 aliphatic carbocycles. The molecule has 1 aromatic carbocycles. The number of nitrogens with zero attached hydrogens (tertiary/aromatic N) is 1. The van der Waals surface area contributed by atoms with E-state index >= 15 is 0 Å². The second-order valence-corrected chi connectivity index (χ2v) is 6.09. The Morgan fingerprint density at radius 2 is 2.00 bits per heavy atom. The molecule has 7 heteroatoms. The fourth-order valence-electron chi connectivity index (χ4n) is 1.95. The first kappa shape index (κ1) is 15.8. The normalized spacial score (nSPS) is 10.3. The number of hydrogen-bond donors (Lipinski definition) is 0. The fourth-order valence-corrected chi connectivity index (χ4v) is 2.89. The quantitative estimate of drug-likeness (QED) is 0.365. The molecule has 0 aliphatic heterocycles. The number of Topliss-reactive ketones (excluding diaryl/α,β-unsaturated/α-hetero) is 1. The van der Waals surface area contributed by atoms with Gasteiger partial charge in [-0.3, -0.25) is 14.9 Å². The Hall–Kier alpha value is -2.54. The molecule has 1 heterocycles. The van der Waals surface area contributed by atoms with E-state index in [1.165, 1.54) is 29.5 Å². The summed E-state index contributed by atoms with van der Waals surface area (Å²) in [4.78, 5) is 35.8. The van der Waals surface area contributed by atoms with Crippen LogP contribution in [-0.2, 0) is 4.74 Å². The van der Waals surface area contributed by atoms with E-state index in [4.69, 9.17) is 4.74 Å². The maximum atomic E-state index is 12.0. The number of thiophene rings is 1. The SMILES string of the molecule is Cc1cc(C(=O)COC(=O)c2cccc([N+](=O)[O-])c2)c(C)s1. The van der Waals surface area contributed by atoms with Crippen molar-refractivity contribution in [1.82, 2.24) is 0 Å². The Balaban J connectivity index is 2.04. The Labute approximate surface area is 130 Å². The summed E-state index contributed by atoms with van der Waals surface area (Å²) in [5, 5.41) is 10.7. The van der Waals surface area contributed by atoms with E-state index in [-0.39, 0.29) is 17.0 Å². The largest absolute Gasteiger partial charge is 0.454 e. The molecule has 6 nitrogen and oxygen atoms in total. The number of nitro groups is 1. The van der Waals surface area contributed by atoms with Crippen molar-refractivity contribution >= 4 is 28.8 Å². The van der Waals surface area contributed by atoms with Gasteiger partial charge < -0.3 is 4.74 Å². The van der Waals surface area contributed by atoms with Gasteiger partial charge in [-0.05, 0) is 26.0 Å². The number of aryl methyl sites for hydroxylation is 2. The number of non-ortho nitro benzene ring substituents is 1. The second kappa shape index (κ2) is 6.48. The van der Waals surface area contributed by atoms with Crippen molar-refractivity contribution in [2.75, 3.05) is 6.61 Å². The van der Waals surface area contributed by atoms with Crippen LogP contribution >= 0.6 is 11.3 Å². The highest BCUT2D eigenvalue weighted by molar-refractivity contribution is 7.12. The van der Waals surface area contributed by atoms with Crippen molar-refractivity contribution in [3.63, 3.8) is 0 Å². The lowest BCUT2D eigenvalue weighted by molar-refractivity contribution is -0.384. The molecular formula is C15H13NO5S. The summed E-state index contributed by atoms with van der Waals surface area (Å²) in [6, 6.07) is 6.94. The number of rotatable bonds is 5. The average molecular weight is 319 g/mol. The molecule has 0 saturated heterocycles. The van der Waals surface area contributed by atoms with Crippen LogP contribution in [0.15, 0.2) is 30.3 Å². The van der Waals surface area contributed by atoms with E-state index in [9.17, 15) is 19.7 Å². The molecule has 0 N–H and O–H groups in total. The van der Waals surface area contributed by atoms with Gasteiger partial charge in [0.1, 0.15) is 0 Å². The number of carbonyl (C=O) groups excluding carboxylic acids is 2. The molecular weight excluding hydrogens is 306 g/mol. The Morgan fingerprint density at radius 1 is 1.27 bits per heavy atom. The van der Waals surface area contributed by atoms with Gasteiger partial charge in [-0.2, -0.15) is 0 Å². The number of hydrogen-bond acceptors (Lipinski definition) is 6. The zero-order valence-electron chi connectivity index (χ0n) is 12.0. The molecule has 0 unspecified atom stereocenters. The van der Waals surface area contributed by atoms with Crippen LogP contribution in [0.1, 0.15) is 30.5 Å². The first-order chi connectivity index (χ1) is 10.4. The van der Waals surface area contributed by atoms with Gasteiger partial charge in [0.2, 0.25) is 5.78 Å². The van der Waals surface area contributed by atoms with Gasteiger partial charge in [0.05, 0.1) is 10.5 Å². The van der Waals surface area contributed by atoms with E-state index in [1.807, 2.05) is 13.8 Å². The lowest BCUT2D eigenvalue weighted by Gasteiger charge is -2.04. The highest BCUT2D eigenvalue weighted by Gasteiger charge is 2.17. The Morgan fingerprint density at radius 3 is 2.59 bits per heavy atom. The van der Waals surface area contributed by atoms with Crippen LogP contribution in [0.4, 0.5) is 5.69 Å². The van der Waals surface area contributed by atoms with E-state index < -0.39 is 17.5 Å². The van der Waals surface area contributed by atoms with Gasteiger partial charge >= 0.3 is 5.97 Å². The van der Waals surface area contributed by atoms with Crippen molar-refractivity contribution in [2.24, 2.45) is 0 Å². The number of nitro benzene ring substituents is 1. The van der Waals surface area contributed by atoms with Crippen molar-refractivity contribution in [3.8, 4) is 0 Å². The third-order valence-corrected chi connectivity index (χ3v) is 3.93. The van der Waals surface area contributed by atoms with Gasteiger partial charge in [0, 0.05) is 27.5 Å². The number of carbonyl (C=O) groups is 2. The minimum atomic E-state index is -0.762. The van der Waals surface area contributed by atoms with Crippen LogP contribution in [0.3, 0.4) is 0 Å². The van der Waals surface area contributed by atoms with Crippen LogP contribution in [0.5, 0.6) is 0 Å². The molecule has 2 aromatic rings. The molecule has 0 amide bonds. The third-order valence-electron chi connectivity index (χ3n) is 2.97. The Kier molecular flexibility index (Phi) is 4.67. The summed E-state index contributed by atoms with van der Waals surface area (Å²) in [6.07, 6.45) is 0. The maximum Gasteiger partial charge on any atom is 0.338 e. The van der Waals surface area contributed by atoms with Crippen LogP contribution in [0, 0.1) is 24.0 Å². The number of ether oxygens (including phenoxy) is 1. The van der Waals surface area contributed by atoms with E-state index in [0.29, 0.717) is 5.56 Å². The summed E-state index contributed by atoms with van der Waals surface area (Å²) < 4.78 is 4.94. The van der Waals surface area contributed by atoms with E-state index in [1.54, 1.807) is 6.07 Å². The standard InChI is InChI=1S/C15H13NO5S/c1-9-6-13(10(2)22-9)14(17)8-21-15(18)11-4-3-5-12(7-11)16(19)20/h3-7H,8H2,1-2H3. The van der Waals surface area contributed by atoms with Gasteiger partial charge in [-0.1, -0.05) is 6.07 Å². The van der Waals surface area contributed by atoms with Crippen molar-refractivity contribution in [1.29, 1.82) is 0 Å². The zero-order chi connectivity index (χ0) is 16.3. The minimum Gasteiger partial charge on any atom is -0.454 e. The number of ketones is 1. The molecule has 0 aliphatic rings. The second-order valence-electron chi connectivity index (χ2n) is 4.63. The van der Waals surface area contributed by atoms with Crippen LogP contribution < -0.4 is 0 Å². The highest BCUT2D eigenvalue weighted by Crippen LogP contribution is 2.21. The predicted octanol–water partition coefficient (Wildman–Crippen LogP) is 3.31. The summed E-state index contributed by atoms with van der Waals surface area (Å²) >= 11 is 1.50. The lowest BCUT2D eigenvalue weighted by Crippen LogP contribution is -2.14. The van der Waals surface area contributed by atoms with Crippen LogP contribution in [-0.4, -0.2) is 23.3 Å². The molecule has 0 spiro atoms. The van der Waals surface area contributed by atoms with Gasteiger partial charge in [0.25, 0.3) is 5.69 Å². The summed E-state index contributed by atoms with van der Waals surface area (Å²) in [6.45, 7) is 3.33. The van der Waals surface area contributed by atoms with Gasteiger partial charge in [-0.25, -0.2) is 4.79 Å². The monoisotopic (exact) mass is 319 g/mol. The first-order valence-electron chi connectivity index (χ1n) is 6.40. The third kappa shape index (κ3) is 3.56. The summed E-state index contributed by atoms with van der Waals surface area (Å²) in [5.41, 5.74) is 0.375. The van der Waals surface area contributed by atoms with Crippen molar-refractivity contribution < 1.29 is 19.2 Å². The van der Waals surface area contributed by atoms with Crippen LogP contribution in [0.25, 0.3) is 0 Å². The van der Waals surface area contributed by atoms with E-state index in [0.717, 1.165) is 15.8 Å². The first-order valence-corrected chi connectivity index (χ1v) is 7.22. The van der Waals surface area contributed by atoms with Gasteiger partial charge in [-0.15, -0.1) is 11.3 Å². The molecule has 22 heavy (non-hydrogen) atoms. The molecule has 2 rings (SSSR count). The van der Waals surface area contributed by atoms with E-state index in [2.05, 4.69) is 0 Å². The van der Waals surface area contributed by atoms with Gasteiger partial charge in [0.15, 0.2) is 6.61 Å². The average Bonchev–Trinajstić information content (AvgIpc) is 2.83. The summed E-state index contributed by atoms with van der Waals surface area (Å²) in [5.74, 6) is -1.05. The molecule has 0 bridgehead atoms. The highest BCUT2D eigenvalue weighted by atomic mass is 32.1. The molecule has 114 valence electrons. The molecule has 0 fully saturated rings.